The number of morpholine rings is 1. The van der Waals surface area contributed by atoms with E-state index in [0.717, 1.165) is 6.07 Å². The molecule has 0 radical (unpaired) electrons. The second-order valence-electron chi connectivity index (χ2n) is 5.77. The van der Waals surface area contributed by atoms with Gasteiger partial charge in [-0.3, -0.25) is 0 Å². The van der Waals surface area contributed by atoms with Gasteiger partial charge in [0.1, 0.15) is 23.3 Å². The molecule has 3 rings (SSSR count). The van der Waals surface area contributed by atoms with Crippen LogP contribution in [0.15, 0.2) is 48.5 Å². The fourth-order valence-corrected chi connectivity index (χ4v) is 2.96. The first-order chi connectivity index (χ1) is 11.1. The molecule has 2 aromatic carbocycles. The van der Waals surface area contributed by atoms with Crippen molar-refractivity contribution in [3.63, 3.8) is 0 Å². The molecule has 2 N–H and O–H groups in total. The molecule has 0 amide bonds. The Morgan fingerprint density at radius 2 is 1.92 bits per heavy atom. The predicted octanol–water partition coefficient (Wildman–Crippen LogP) is 2.81. The van der Waals surface area contributed by atoms with E-state index in [2.05, 4.69) is 5.32 Å². The van der Waals surface area contributed by atoms with Crippen molar-refractivity contribution >= 4 is 12.4 Å². The van der Waals surface area contributed by atoms with E-state index in [4.69, 9.17) is 4.74 Å². The van der Waals surface area contributed by atoms with E-state index in [-0.39, 0.29) is 24.4 Å². The van der Waals surface area contributed by atoms with Gasteiger partial charge in [0, 0.05) is 25.6 Å². The standard InChI is InChI=1S/C18H19F2NO2.ClH/c19-15-7-6-13(16(20)10-15)11-18(22,14-4-2-1-3-5-14)17-12-21-8-9-23-17;/h1-7,10,17,21-22H,8-9,11-12H2;1H/t17-,18-;/m1./s1. The number of ether oxygens (including phenoxy) is 1. The summed E-state index contributed by atoms with van der Waals surface area (Å²) in [6, 6.07) is 12.5. The number of benzene rings is 2. The quantitative estimate of drug-likeness (QED) is 0.886. The molecule has 0 aliphatic carbocycles. The van der Waals surface area contributed by atoms with Crippen LogP contribution < -0.4 is 5.32 Å². The Morgan fingerprint density at radius 1 is 1.17 bits per heavy atom. The minimum absolute atomic E-state index is 0. The Labute approximate surface area is 146 Å². The van der Waals surface area contributed by atoms with E-state index < -0.39 is 23.3 Å². The zero-order valence-corrected chi connectivity index (χ0v) is 13.9. The van der Waals surface area contributed by atoms with E-state index in [1.165, 1.54) is 12.1 Å². The molecule has 0 unspecified atom stereocenters. The summed E-state index contributed by atoms with van der Waals surface area (Å²) in [4.78, 5) is 0. The van der Waals surface area contributed by atoms with Gasteiger partial charge in [-0.05, 0) is 17.2 Å². The van der Waals surface area contributed by atoms with E-state index >= 15 is 0 Å². The van der Waals surface area contributed by atoms with Gasteiger partial charge >= 0.3 is 0 Å². The zero-order valence-electron chi connectivity index (χ0n) is 13.0. The highest BCUT2D eigenvalue weighted by Crippen LogP contribution is 2.32. The molecule has 2 aromatic rings. The van der Waals surface area contributed by atoms with Crippen molar-refractivity contribution in [3.8, 4) is 0 Å². The van der Waals surface area contributed by atoms with Crippen molar-refractivity contribution in [2.75, 3.05) is 19.7 Å². The summed E-state index contributed by atoms with van der Waals surface area (Å²) in [5.41, 5.74) is -0.489. The lowest BCUT2D eigenvalue weighted by molar-refractivity contribution is -0.124. The molecule has 0 spiro atoms. The minimum atomic E-state index is -1.40. The Hall–Kier alpha value is -1.53. The number of rotatable bonds is 4. The third-order valence-electron chi connectivity index (χ3n) is 4.21. The second kappa shape index (κ2) is 8.03. The first-order valence-electron chi connectivity index (χ1n) is 7.64. The van der Waals surface area contributed by atoms with Crippen LogP contribution in [0.1, 0.15) is 11.1 Å². The molecular formula is C18H20ClF2NO2. The lowest BCUT2D eigenvalue weighted by Gasteiger charge is -2.39. The van der Waals surface area contributed by atoms with Crippen molar-refractivity contribution in [1.82, 2.24) is 5.32 Å². The molecule has 1 saturated heterocycles. The first-order valence-corrected chi connectivity index (χ1v) is 7.64. The minimum Gasteiger partial charge on any atom is -0.382 e. The number of nitrogens with one attached hydrogen (secondary N) is 1. The van der Waals surface area contributed by atoms with E-state index in [0.29, 0.717) is 25.3 Å². The van der Waals surface area contributed by atoms with Crippen molar-refractivity contribution in [3.05, 3.63) is 71.3 Å². The molecule has 2 atom stereocenters. The lowest BCUT2D eigenvalue weighted by atomic mass is 9.82. The monoisotopic (exact) mass is 355 g/mol. The van der Waals surface area contributed by atoms with Crippen molar-refractivity contribution in [2.45, 2.75) is 18.1 Å². The Kier molecular flexibility index (Phi) is 6.29. The maximum Gasteiger partial charge on any atom is 0.129 e. The molecule has 0 aromatic heterocycles. The molecule has 6 heteroatoms. The summed E-state index contributed by atoms with van der Waals surface area (Å²) in [7, 11) is 0. The van der Waals surface area contributed by atoms with Gasteiger partial charge in [0.2, 0.25) is 0 Å². The van der Waals surface area contributed by atoms with Crippen LogP contribution in [-0.4, -0.2) is 30.9 Å². The molecular weight excluding hydrogens is 336 g/mol. The normalized spacial score (nSPS) is 20.0. The van der Waals surface area contributed by atoms with E-state index in [1.54, 1.807) is 12.1 Å². The van der Waals surface area contributed by atoms with Gasteiger partial charge in [-0.2, -0.15) is 0 Å². The third kappa shape index (κ3) is 3.92. The highest BCUT2D eigenvalue weighted by atomic mass is 35.5. The van der Waals surface area contributed by atoms with Crippen LogP contribution in [0.4, 0.5) is 8.78 Å². The molecule has 1 heterocycles. The fraction of sp³-hybridized carbons (Fsp3) is 0.333. The largest absolute Gasteiger partial charge is 0.382 e. The first kappa shape index (κ1) is 18.8. The summed E-state index contributed by atoms with van der Waals surface area (Å²) in [5.74, 6) is -1.30. The van der Waals surface area contributed by atoms with Crippen LogP contribution in [0, 0.1) is 11.6 Å². The lowest BCUT2D eigenvalue weighted by Crippen LogP contribution is -2.52. The molecule has 0 saturated carbocycles. The molecule has 1 fully saturated rings. The van der Waals surface area contributed by atoms with Crippen molar-refractivity contribution < 1.29 is 18.6 Å². The average molecular weight is 356 g/mol. The Morgan fingerprint density at radius 3 is 2.54 bits per heavy atom. The van der Waals surface area contributed by atoms with E-state index in [9.17, 15) is 13.9 Å². The molecule has 3 nitrogen and oxygen atoms in total. The van der Waals surface area contributed by atoms with E-state index in [1.807, 2.05) is 18.2 Å². The average Bonchev–Trinajstić information content (AvgIpc) is 2.59. The van der Waals surface area contributed by atoms with Gasteiger partial charge in [0.05, 0.1) is 6.61 Å². The maximum atomic E-state index is 14.1. The summed E-state index contributed by atoms with van der Waals surface area (Å²) >= 11 is 0. The molecule has 0 bridgehead atoms. The third-order valence-corrected chi connectivity index (χ3v) is 4.21. The van der Waals surface area contributed by atoms with Gasteiger partial charge in [-0.1, -0.05) is 36.4 Å². The predicted molar refractivity (Wildman–Crippen MR) is 90.3 cm³/mol. The van der Waals surface area contributed by atoms with Crippen LogP contribution in [0.25, 0.3) is 0 Å². The second-order valence-corrected chi connectivity index (χ2v) is 5.77. The van der Waals surface area contributed by atoms with Crippen molar-refractivity contribution in [2.24, 2.45) is 0 Å². The Bertz CT molecular complexity index is 665. The molecule has 24 heavy (non-hydrogen) atoms. The highest BCUT2D eigenvalue weighted by Gasteiger charge is 2.41. The maximum absolute atomic E-state index is 14.1. The summed E-state index contributed by atoms with van der Waals surface area (Å²) in [6.07, 6.45) is -0.502. The summed E-state index contributed by atoms with van der Waals surface area (Å²) < 4.78 is 32.9. The number of hydrogen-bond donors (Lipinski definition) is 2. The van der Waals surface area contributed by atoms with Gasteiger partial charge in [-0.15, -0.1) is 12.4 Å². The SMILES string of the molecule is Cl.O[C@](Cc1ccc(F)cc1F)(c1ccccc1)[C@H]1CNCCO1. The van der Waals surface area contributed by atoms with Crippen LogP contribution >= 0.6 is 12.4 Å². The number of halogens is 3. The highest BCUT2D eigenvalue weighted by molar-refractivity contribution is 5.85. The summed E-state index contributed by atoms with van der Waals surface area (Å²) in [5, 5.41) is 14.5. The van der Waals surface area contributed by atoms with Gasteiger partial charge in [0.25, 0.3) is 0 Å². The molecule has 1 aliphatic heterocycles. The number of hydrogen-bond acceptors (Lipinski definition) is 3. The Balaban J connectivity index is 0.00000208. The topological polar surface area (TPSA) is 41.5 Å². The zero-order chi connectivity index (χ0) is 16.3. The molecule has 130 valence electrons. The van der Waals surface area contributed by atoms with Crippen LogP contribution in [-0.2, 0) is 16.8 Å². The van der Waals surface area contributed by atoms with Crippen LogP contribution in [0.5, 0.6) is 0 Å². The fourth-order valence-electron chi connectivity index (χ4n) is 2.96. The number of aliphatic hydroxyl groups is 1. The van der Waals surface area contributed by atoms with Gasteiger partial charge in [-0.25, -0.2) is 8.78 Å². The van der Waals surface area contributed by atoms with Crippen LogP contribution in [0.2, 0.25) is 0 Å². The smallest absolute Gasteiger partial charge is 0.129 e. The molecule has 1 aliphatic rings. The van der Waals surface area contributed by atoms with Crippen molar-refractivity contribution in [1.29, 1.82) is 0 Å². The van der Waals surface area contributed by atoms with Gasteiger partial charge in [0.15, 0.2) is 0 Å². The van der Waals surface area contributed by atoms with Crippen LogP contribution in [0.3, 0.4) is 0 Å². The van der Waals surface area contributed by atoms with Gasteiger partial charge < -0.3 is 15.2 Å². The summed E-state index contributed by atoms with van der Waals surface area (Å²) in [6.45, 7) is 1.66.